The number of carboxylic acid groups (broad SMARTS) is 1. The lowest BCUT2D eigenvalue weighted by molar-refractivity contribution is -0.137. The molecule has 0 unspecified atom stereocenters. The molecule has 0 spiro atoms. The van der Waals surface area contributed by atoms with Crippen LogP contribution in [0.5, 0.6) is 0 Å². The molecule has 0 aromatic rings. The average Bonchev–Trinajstić information content (AvgIpc) is 1.98. The van der Waals surface area contributed by atoms with Crippen molar-refractivity contribution in [2.24, 2.45) is 5.73 Å². The minimum Gasteiger partial charge on any atom is -0.481 e. The molecule has 3 N–H and O–H groups in total. The van der Waals surface area contributed by atoms with Gasteiger partial charge in [0.05, 0.1) is 6.04 Å². The fourth-order valence-electron chi connectivity index (χ4n) is 0.573. The van der Waals surface area contributed by atoms with Gasteiger partial charge in [0, 0.05) is 6.42 Å². The molecule has 0 aliphatic rings. The zero-order chi connectivity index (χ0) is 8.85. The third-order valence-corrected chi connectivity index (χ3v) is 1.24. The van der Waals surface area contributed by atoms with Crippen molar-refractivity contribution in [3.05, 3.63) is 12.7 Å². The number of ketones is 1. The van der Waals surface area contributed by atoms with E-state index in [4.69, 9.17) is 10.8 Å². The number of nitrogens with two attached hydrogens (primary N) is 1. The van der Waals surface area contributed by atoms with Crippen molar-refractivity contribution in [2.45, 2.75) is 18.9 Å². The van der Waals surface area contributed by atoms with Gasteiger partial charge < -0.3 is 10.8 Å². The maximum absolute atomic E-state index is 10.7. The molecule has 1 atom stereocenters. The van der Waals surface area contributed by atoms with Crippen LogP contribution >= 0.6 is 0 Å². The van der Waals surface area contributed by atoms with Crippen LogP contribution in [0.2, 0.25) is 0 Å². The highest BCUT2D eigenvalue weighted by atomic mass is 16.4. The summed E-state index contributed by atoms with van der Waals surface area (Å²) >= 11 is 0. The normalized spacial score (nSPS) is 12.1. The summed E-state index contributed by atoms with van der Waals surface area (Å²) in [5, 5.41) is 8.22. The highest BCUT2D eigenvalue weighted by molar-refractivity contribution is 5.93. The number of carbonyl (C=O) groups is 2. The molecule has 0 bridgehead atoms. The maximum atomic E-state index is 10.7. The van der Waals surface area contributed by atoms with Gasteiger partial charge in [-0.1, -0.05) is 6.58 Å². The molecule has 11 heavy (non-hydrogen) atoms. The first-order valence-electron chi connectivity index (χ1n) is 3.21. The molecule has 0 saturated heterocycles. The van der Waals surface area contributed by atoms with Crippen LogP contribution in [0.1, 0.15) is 12.8 Å². The Labute approximate surface area is 64.7 Å². The molecule has 0 aliphatic carbocycles. The molecular formula is C7H11NO3. The minimum absolute atomic E-state index is 0.0826. The zero-order valence-electron chi connectivity index (χ0n) is 6.12. The molecule has 0 aromatic heterocycles. The number of aliphatic carboxylic acids is 1. The summed E-state index contributed by atoms with van der Waals surface area (Å²) < 4.78 is 0. The van der Waals surface area contributed by atoms with Crippen LogP contribution in [0.15, 0.2) is 12.7 Å². The predicted molar refractivity (Wildman–Crippen MR) is 40.0 cm³/mol. The van der Waals surface area contributed by atoms with Crippen LogP contribution < -0.4 is 5.73 Å². The van der Waals surface area contributed by atoms with Crippen molar-refractivity contribution in [3.63, 3.8) is 0 Å². The van der Waals surface area contributed by atoms with Gasteiger partial charge in [-0.2, -0.15) is 0 Å². The highest BCUT2D eigenvalue weighted by Crippen LogP contribution is 1.95. The zero-order valence-corrected chi connectivity index (χ0v) is 6.12. The van der Waals surface area contributed by atoms with Crippen LogP contribution in [-0.2, 0) is 9.59 Å². The minimum atomic E-state index is -0.947. The van der Waals surface area contributed by atoms with Gasteiger partial charge in [0.25, 0.3) is 0 Å². The molecule has 0 aliphatic heterocycles. The summed E-state index contributed by atoms with van der Waals surface area (Å²) in [5.41, 5.74) is 5.29. The van der Waals surface area contributed by atoms with Crippen LogP contribution in [0.3, 0.4) is 0 Å². The molecule has 0 rings (SSSR count). The molecule has 0 fully saturated rings. The average molecular weight is 157 g/mol. The van der Waals surface area contributed by atoms with Gasteiger partial charge in [-0.05, 0) is 12.5 Å². The topological polar surface area (TPSA) is 80.4 Å². The van der Waals surface area contributed by atoms with Crippen LogP contribution in [-0.4, -0.2) is 22.9 Å². The van der Waals surface area contributed by atoms with Crippen LogP contribution in [0.25, 0.3) is 0 Å². The van der Waals surface area contributed by atoms with Gasteiger partial charge in [0.1, 0.15) is 0 Å². The summed E-state index contributed by atoms with van der Waals surface area (Å²) in [6.45, 7) is 3.23. The summed E-state index contributed by atoms with van der Waals surface area (Å²) in [6.07, 6.45) is 1.19. The van der Waals surface area contributed by atoms with E-state index in [-0.39, 0.29) is 18.6 Å². The van der Waals surface area contributed by atoms with Gasteiger partial charge in [0.2, 0.25) is 0 Å². The second kappa shape index (κ2) is 4.62. The maximum Gasteiger partial charge on any atom is 0.303 e. The van der Waals surface area contributed by atoms with E-state index in [1.165, 1.54) is 0 Å². The summed E-state index contributed by atoms with van der Waals surface area (Å²) in [7, 11) is 0. The Morgan fingerprint density at radius 1 is 1.64 bits per heavy atom. The van der Waals surface area contributed by atoms with Crippen LogP contribution in [0, 0.1) is 0 Å². The molecule has 4 heteroatoms. The Balaban J connectivity index is 3.68. The summed E-state index contributed by atoms with van der Waals surface area (Å²) in [4.78, 5) is 20.7. The number of hydrogen-bond donors (Lipinski definition) is 2. The van der Waals surface area contributed by atoms with E-state index in [0.29, 0.717) is 0 Å². The van der Waals surface area contributed by atoms with E-state index in [9.17, 15) is 9.59 Å². The van der Waals surface area contributed by atoms with Crippen LogP contribution in [0.4, 0.5) is 0 Å². The largest absolute Gasteiger partial charge is 0.481 e. The molecule has 0 aromatic carbocycles. The third-order valence-electron chi connectivity index (χ3n) is 1.24. The van der Waals surface area contributed by atoms with E-state index in [1.54, 1.807) is 0 Å². The summed E-state index contributed by atoms with van der Waals surface area (Å²) in [6, 6.07) is -0.719. The second-order valence-corrected chi connectivity index (χ2v) is 2.15. The van der Waals surface area contributed by atoms with Gasteiger partial charge in [-0.25, -0.2) is 0 Å². The lowest BCUT2D eigenvalue weighted by Gasteiger charge is -2.03. The molecule has 0 radical (unpaired) electrons. The van der Waals surface area contributed by atoms with E-state index in [0.717, 1.165) is 6.08 Å². The first kappa shape index (κ1) is 9.84. The van der Waals surface area contributed by atoms with Gasteiger partial charge in [-0.15, -0.1) is 0 Å². The van der Waals surface area contributed by atoms with Crippen molar-refractivity contribution in [1.82, 2.24) is 0 Å². The molecule has 0 amide bonds. The standard InChI is InChI=1S/C7H11NO3/c1-2-6(9)5(8)3-4-7(10)11/h2,5H,1,3-4,8H2,(H,10,11)/t5-/m1/s1. The smallest absolute Gasteiger partial charge is 0.303 e. The Morgan fingerprint density at radius 3 is 2.55 bits per heavy atom. The van der Waals surface area contributed by atoms with Gasteiger partial charge in [0.15, 0.2) is 5.78 Å². The van der Waals surface area contributed by atoms with Crippen molar-refractivity contribution in [1.29, 1.82) is 0 Å². The first-order chi connectivity index (χ1) is 5.07. The number of hydrogen-bond acceptors (Lipinski definition) is 3. The Hall–Kier alpha value is -1.16. The fraction of sp³-hybridized carbons (Fsp3) is 0.429. The van der Waals surface area contributed by atoms with E-state index < -0.39 is 12.0 Å². The molecule has 4 nitrogen and oxygen atoms in total. The van der Waals surface area contributed by atoms with Crippen molar-refractivity contribution in [2.75, 3.05) is 0 Å². The third kappa shape index (κ3) is 4.27. The van der Waals surface area contributed by atoms with Gasteiger partial charge in [-0.3, -0.25) is 9.59 Å². The molecule has 0 heterocycles. The SMILES string of the molecule is C=CC(=O)[C@H](N)CCC(=O)O. The molecule has 62 valence electrons. The van der Waals surface area contributed by atoms with Gasteiger partial charge >= 0.3 is 5.97 Å². The molecular weight excluding hydrogens is 146 g/mol. The Bertz CT molecular complexity index is 177. The highest BCUT2D eigenvalue weighted by Gasteiger charge is 2.10. The number of rotatable bonds is 5. The monoisotopic (exact) mass is 157 g/mol. The second-order valence-electron chi connectivity index (χ2n) is 2.15. The number of carbonyl (C=O) groups excluding carboxylic acids is 1. The van der Waals surface area contributed by atoms with E-state index in [2.05, 4.69) is 6.58 Å². The lowest BCUT2D eigenvalue weighted by atomic mass is 10.1. The quantitative estimate of drug-likeness (QED) is 0.547. The predicted octanol–water partition coefficient (Wildman–Crippen LogP) is -0.0664. The van der Waals surface area contributed by atoms with E-state index >= 15 is 0 Å². The Kier molecular flexibility index (Phi) is 4.14. The Morgan fingerprint density at radius 2 is 2.18 bits per heavy atom. The number of carboxylic acids is 1. The summed E-state index contributed by atoms with van der Waals surface area (Å²) in [5.74, 6) is -1.26. The lowest BCUT2D eigenvalue weighted by Crippen LogP contribution is -2.29. The molecule has 0 saturated carbocycles. The van der Waals surface area contributed by atoms with Crippen molar-refractivity contribution >= 4 is 11.8 Å². The van der Waals surface area contributed by atoms with E-state index in [1.807, 2.05) is 0 Å². The van der Waals surface area contributed by atoms with Crippen molar-refractivity contribution < 1.29 is 14.7 Å². The first-order valence-corrected chi connectivity index (χ1v) is 3.21. The fourth-order valence-corrected chi connectivity index (χ4v) is 0.573. The van der Waals surface area contributed by atoms with Crippen molar-refractivity contribution in [3.8, 4) is 0 Å².